The molecule has 2 amide bonds. The zero-order valence-corrected chi connectivity index (χ0v) is 19.3. The van der Waals surface area contributed by atoms with E-state index >= 15 is 0 Å². The fourth-order valence-corrected chi connectivity index (χ4v) is 4.53. The zero-order valence-electron chi connectivity index (χ0n) is 19.3. The highest BCUT2D eigenvalue weighted by molar-refractivity contribution is 6.07. The second kappa shape index (κ2) is 9.36. The second-order valence-electron chi connectivity index (χ2n) is 8.15. The van der Waals surface area contributed by atoms with Crippen LogP contribution >= 0.6 is 0 Å². The monoisotopic (exact) mass is 444 g/mol. The van der Waals surface area contributed by atoms with E-state index in [4.69, 9.17) is 9.47 Å². The molecule has 6 nitrogen and oxygen atoms in total. The Labute approximate surface area is 194 Å². The number of para-hydroxylation sites is 1. The molecular formula is C27H28N2O4. The molecule has 0 aliphatic carbocycles. The van der Waals surface area contributed by atoms with Crippen molar-refractivity contribution in [3.63, 3.8) is 0 Å². The van der Waals surface area contributed by atoms with Gasteiger partial charge in [-0.2, -0.15) is 0 Å². The van der Waals surface area contributed by atoms with Crippen molar-refractivity contribution in [3.05, 3.63) is 83.9 Å². The second-order valence-corrected chi connectivity index (χ2v) is 8.15. The van der Waals surface area contributed by atoms with Crippen LogP contribution in [0.5, 0.6) is 11.5 Å². The average molecular weight is 445 g/mol. The Kier molecular flexibility index (Phi) is 6.36. The van der Waals surface area contributed by atoms with Gasteiger partial charge >= 0.3 is 0 Å². The molecule has 6 heteroatoms. The van der Waals surface area contributed by atoms with E-state index in [0.717, 1.165) is 22.7 Å². The molecule has 170 valence electrons. The van der Waals surface area contributed by atoms with Crippen LogP contribution in [0, 0.1) is 0 Å². The van der Waals surface area contributed by atoms with Crippen LogP contribution in [0.1, 0.15) is 42.2 Å². The molecule has 0 aromatic heterocycles. The summed E-state index contributed by atoms with van der Waals surface area (Å²) >= 11 is 0. The molecule has 3 aromatic carbocycles. The first kappa shape index (κ1) is 22.4. The van der Waals surface area contributed by atoms with Gasteiger partial charge in [-0.1, -0.05) is 18.2 Å². The first-order valence-electron chi connectivity index (χ1n) is 10.9. The van der Waals surface area contributed by atoms with Crippen molar-refractivity contribution in [3.8, 4) is 11.5 Å². The van der Waals surface area contributed by atoms with Gasteiger partial charge in [0.2, 0.25) is 5.91 Å². The van der Waals surface area contributed by atoms with E-state index in [1.54, 1.807) is 45.4 Å². The van der Waals surface area contributed by atoms with Crippen LogP contribution < -0.4 is 19.3 Å². The molecule has 0 radical (unpaired) electrons. The minimum atomic E-state index is -0.193. The quantitative estimate of drug-likeness (QED) is 0.540. The van der Waals surface area contributed by atoms with Crippen molar-refractivity contribution in [1.82, 2.24) is 0 Å². The van der Waals surface area contributed by atoms with Crippen molar-refractivity contribution in [2.45, 2.75) is 32.4 Å². The molecule has 33 heavy (non-hydrogen) atoms. The van der Waals surface area contributed by atoms with Crippen LogP contribution in [0.3, 0.4) is 0 Å². The third kappa shape index (κ3) is 4.29. The molecule has 1 aliphatic rings. The minimum absolute atomic E-state index is 0.0536. The van der Waals surface area contributed by atoms with Gasteiger partial charge in [0.05, 0.1) is 20.3 Å². The predicted molar refractivity (Wildman–Crippen MR) is 129 cm³/mol. The van der Waals surface area contributed by atoms with Crippen molar-refractivity contribution in [1.29, 1.82) is 0 Å². The SMILES string of the molecule is COc1ccc(C(=O)N2c3ccccc3C(N(C(C)=O)c3ccc(OC)cc3)CC2C)cc1. The van der Waals surface area contributed by atoms with E-state index in [-0.39, 0.29) is 23.9 Å². The van der Waals surface area contributed by atoms with Crippen molar-refractivity contribution >= 4 is 23.2 Å². The summed E-state index contributed by atoms with van der Waals surface area (Å²) < 4.78 is 10.5. The van der Waals surface area contributed by atoms with Gasteiger partial charge in [-0.15, -0.1) is 0 Å². The fraction of sp³-hybridized carbons (Fsp3) is 0.259. The molecule has 0 N–H and O–H groups in total. The lowest BCUT2D eigenvalue weighted by molar-refractivity contribution is -0.117. The van der Waals surface area contributed by atoms with E-state index in [1.165, 1.54) is 0 Å². The Balaban J connectivity index is 1.73. The van der Waals surface area contributed by atoms with Crippen molar-refractivity contribution < 1.29 is 19.1 Å². The lowest BCUT2D eigenvalue weighted by Gasteiger charge is -2.43. The largest absolute Gasteiger partial charge is 0.497 e. The Morgan fingerprint density at radius 1 is 0.879 bits per heavy atom. The number of fused-ring (bicyclic) bond motifs is 1. The van der Waals surface area contributed by atoms with Gasteiger partial charge in [0.25, 0.3) is 5.91 Å². The molecule has 1 aliphatic heterocycles. The maximum atomic E-state index is 13.5. The molecule has 3 aromatic rings. The first-order valence-corrected chi connectivity index (χ1v) is 10.9. The molecule has 0 saturated carbocycles. The van der Waals surface area contributed by atoms with Gasteiger partial charge in [-0.3, -0.25) is 9.59 Å². The summed E-state index contributed by atoms with van der Waals surface area (Å²) in [6.07, 6.45) is 0.616. The molecule has 2 unspecified atom stereocenters. The molecule has 0 bridgehead atoms. The molecule has 0 saturated heterocycles. The summed E-state index contributed by atoms with van der Waals surface area (Å²) in [6.45, 7) is 3.60. The van der Waals surface area contributed by atoms with Crippen LogP contribution in [0.4, 0.5) is 11.4 Å². The molecule has 1 heterocycles. The summed E-state index contributed by atoms with van der Waals surface area (Å²) in [5.41, 5.74) is 3.16. The third-order valence-corrected chi connectivity index (χ3v) is 6.12. The summed E-state index contributed by atoms with van der Waals surface area (Å²) in [4.78, 5) is 30.0. The van der Waals surface area contributed by atoms with E-state index in [0.29, 0.717) is 17.7 Å². The van der Waals surface area contributed by atoms with E-state index in [2.05, 4.69) is 0 Å². The Bertz CT molecular complexity index is 1140. The average Bonchev–Trinajstić information content (AvgIpc) is 2.84. The number of carbonyl (C=O) groups excluding carboxylic acids is 2. The number of anilines is 2. The highest BCUT2D eigenvalue weighted by Crippen LogP contribution is 2.43. The summed E-state index contributed by atoms with van der Waals surface area (Å²) in [6, 6.07) is 22.1. The number of methoxy groups -OCH3 is 2. The van der Waals surface area contributed by atoms with Gasteiger partial charge < -0.3 is 19.3 Å². The summed E-state index contributed by atoms with van der Waals surface area (Å²) in [7, 11) is 3.22. The lowest BCUT2D eigenvalue weighted by Crippen LogP contribution is -2.47. The van der Waals surface area contributed by atoms with Crippen LogP contribution in [0.25, 0.3) is 0 Å². The first-order chi connectivity index (χ1) is 15.9. The number of amides is 2. The zero-order chi connectivity index (χ0) is 23.5. The van der Waals surface area contributed by atoms with Gasteiger partial charge in [0, 0.05) is 29.9 Å². The molecule has 0 fully saturated rings. The maximum absolute atomic E-state index is 13.5. The van der Waals surface area contributed by atoms with Crippen molar-refractivity contribution in [2.75, 3.05) is 24.0 Å². The van der Waals surface area contributed by atoms with Crippen LogP contribution in [-0.2, 0) is 4.79 Å². The fourth-order valence-electron chi connectivity index (χ4n) is 4.53. The van der Waals surface area contributed by atoms with Gasteiger partial charge in [-0.25, -0.2) is 0 Å². The number of nitrogens with zero attached hydrogens (tertiary/aromatic N) is 2. The molecule has 4 rings (SSSR count). The van der Waals surface area contributed by atoms with Gasteiger partial charge in [-0.05, 0) is 73.5 Å². The van der Waals surface area contributed by atoms with E-state index in [9.17, 15) is 9.59 Å². The number of carbonyl (C=O) groups is 2. The number of benzene rings is 3. The van der Waals surface area contributed by atoms with Crippen LogP contribution in [-0.4, -0.2) is 32.1 Å². The normalized spacial score (nSPS) is 17.2. The van der Waals surface area contributed by atoms with Gasteiger partial charge in [0.1, 0.15) is 11.5 Å². The Morgan fingerprint density at radius 3 is 2.03 bits per heavy atom. The Hall–Kier alpha value is -3.80. The van der Waals surface area contributed by atoms with Crippen molar-refractivity contribution in [2.24, 2.45) is 0 Å². The molecular weight excluding hydrogens is 416 g/mol. The number of ether oxygens (including phenoxy) is 2. The summed E-state index contributed by atoms with van der Waals surface area (Å²) in [5, 5.41) is 0. The standard InChI is InChI=1S/C27H28N2O4/c1-18-17-26(29(19(2)30)21-11-15-23(33-4)16-12-21)24-7-5-6-8-25(24)28(18)27(31)20-9-13-22(32-3)14-10-20/h5-16,18,26H,17H2,1-4H3. The number of rotatable bonds is 5. The Morgan fingerprint density at radius 2 is 1.45 bits per heavy atom. The maximum Gasteiger partial charge on any atom is 0.258 e. The molecule has 2 atom stereocenters. The number of hydrogen-bond acceptors (Lipinski definition) is 4. The highest BCUT2D eigenvalue weighted by Gasteiger charge is 2.38. The van der Waals surface area contributed by atoms with Crippen LogP contribution in [0.2, 0.25) is 0 Å². The van der Waals surface area contributed by atoms with E-state index < -0.39 is 0 Å². The highest BCUT2D eigenvalue weighted by atomic mass is 16.5. The topological polar surface area (TPSA) is 59.1 Å². The third-order valence-electron chi connectivity index (χ3n) is 6.12. The predicted octanol–water partition coefficient (Wildman–Crippen LogP) is 5.24. The molecule has 0 spiro atoms. The van der Waals surface area contributed by atoms with Crippen LogP contribution in [0.15, 0.2) is 72.8 Å². The van der Waals surface area contributed by atoms with E-state index in [1.807, 2.05) is 65.3 Å². The lowest BCUT2D eigenvalue weighted by atomic mass is 9.89. The smallest absolute Gasteiger partial charge is 0.258 e. The number of hydrogen-bond donors (Lipinski definition) is 0. The summed E-state index contributed by atoms with van der Waals surface area (Å²) in [5.74, 6) is 1.31. The van der Waals surface area contributed by atoms with Gasteiger partial charge in [0.15, 0.2) is 0 Å². The minimum Gasteiger partial charge on any atom is -0.497 e.